The molecule has 6 atom stereocenters. The number of nitrogens with two attached hydrogens (primary N) is 2. The van der Waals surface area contributed by atoms with Crippen LogP contribution in [-0.4, -0.2) is 118 Å². The quantitative estimate of drug-likeness (QED) is 0.0614. The Bertz CT molecular complexity index is 1570. The molecule has 19 nitrogen and oxygen atoms in total. The first-order valence-electron chi connectivity index (χ1n) is 18.6. The first kappa shape index (κ1) is 46.6. The number of hydrogen-bond donors (Lipinski definition) is 9. The van der Waals surface area contributed by atoms with Gasteiger partial charge in [0.2, 0.25) is 41.4 Å². The molecule has 0 unspecified atom stereocenters. The Morgan fingerprint density at radius 1 is 0.768 bits per heavy atom. The SMILES string of the molecule is CC(C)C[C@H](N)C(=O)N[C@@H](CCC(=O)O)C(=O)N[C@H](C(=O)N[C@@H](Cc1ccccc1)C(=O)N[C@@H](CCC(N)=O)C(=O)NCC(=O)N1CCC[C@H]1C(=O)O)C(C)C. The van der Waals surface area contributed by atoms with Crippen LogP contribution in [0, 0.1) is 11.8 Å². The average Bonchev–Trinajstić information content (AvgIpc) is 3.63. The van der Waals surface area contributed by atoms with Gasteiger partial charge < -0.3 is 53.2 Å². The van der Waals surface area contributed by atoms with Crippen molar-refractivity contribution in [1.82, 2.24) is 31.5 Å². The highest BCUT2D eigenvalue weighted by Gasteiger charge is 2.36. The van der Waals surface area contributed by atoms with Crippen molar-refractivity contribution < 1.29 is 53.4 Å². The molecule has 1 aromatic carbocycles. The zero-order chi connectivity index (χ0) is 42.1. The van der Waals surface area contributed by atoms with E-state index >= 15 is 0 Å². The molecule has 0 bridgehead atoms. The van der Waals surface area contributed by atoms with Gasteiger partial charge in [0, 0.05) is 25.8 Å². The summed E-state index contributed by atoms with van der Waals surface area (Å²) in [5, 5.41) is 31.3. The minimum Gasteiger partial charge on any atom is -0.481 e. The summed E-state index contributed by atoms with van der Waals surface area (Å²) in [5.74, 6) is -8.40. The summed E-state index contributed by atoms with van der Waals surface area (Å²) in [6, 6.07) is 1.12. The number of carboxylic acid groups (broad SMARTS) is 2. The van der Waals surface area contributed by atoms with Gasteiger partial charge in [0.15, 0.2) is 0 Å². The predicted molar refractivity (Wildman–Crippen MR) is 201 cm³/mol. The van der Waals surface area contributed by atoms with Crippen molar-refractivity contribution in [2.45, 2.75) is 115 Å². The van der Waals surface area contributed by atoms with Gasteiger partial charge in [-0.2, -0.15) is 0 Å². The van der Waals surface area contributed by atoms with E-state index in [0.29, 0.717) is 18.4 Å². The Balaban J connectivity index is 2.30. The van der Waals surface area contributed by atoms with Crippen molar-refractivity contribution in [1.29, 1.82) is 0 Å². The number of aliphatic carboxylic acids is 2. The van der Waals surface area contributed by atoms with Gasteiger partial charge in [-0.25, -0.2) is 4.79 Å². The number of likely N-dealkylation sites (tertiary alicyclic amines) is 1. The highest BCUT2D eigenvalue weighted by molar-refractivity contribution is 5.97. The minimum absolute atomic E-state index is 0.0578. The van der Waals surface area contributed by atoms with Gasteiger partial charge in [0.05, 0.1) is 12.6 Å². The van der Waals surface area contributed by atoms with Crippen LogP contribution in [0.4, 0.5) is 0 Å². The number of carboxylic acids is 2. The lowest BCUT2D eigenvalue weighted by atomic mass is 9.99. The molecular formula is C37H56N8O11. The number of nitrogens with zero attached hydrogens (tertiary/aromatic N) is 1. The summed E-state index contributed by atoms with van der Waals surface area (Å²) in [4.78, 5) is 116. The van der Waals surface area contributed by atoms with Crippen LogP contribution in [0.1, 0.15) is 78.2 Å². The maximum atomic E-state index is 13.9. The van der Waals surface area contributed by atoms with Gasteiger partial charge in [0.25, 0.3) is 0 Å². The number of carbonyl (C=O) groups is 9. The molecule has 7 amide bonds. The number of primary amides is 1. The topological polar surface area (TPSA) is 310 Å². The zero-order valence-electron chi connectivity index (χ0n) is 32.2. The van der Waals surface area contributed by atoms with Crippen molar-refractivity contribution in [2.75, 3.05) is 13.1 Å². The molecule has 2 rings (SSSR count). The van der Waals surface area contributed by atoms with Crippen LogP contribution in [-0.2, 0) is 49.6 Å². The number of hydrogen-bond acceptors (Lipinski definition) is 10. The zero-order valence-corrected chi connectivity index (χ0v) is 32.2. The molecule has 310 valence electrons. The summed E-state index contributed by atoms with van der Waals surface area (Å²) in [7, 11) is 0. The number of carbonyl (C=O) groups excluding carboxylic acids is 7. The number of amides is 7. The standard InChI is InChI=1S/C37H56N8O11/c1-20(2)17-23(38)32(50)41-25(13-15-30(48)49)34(52)44-31(21(3)4)36(54)43-26(18-22-9-6-5-7-10-22)35(53)42-24(12-14-28(39)46)33(51)40-19-29(47)45-16-8-11-27(45)37(55)56/h5-7,9-10,20-21,23-27,31H,8,11-19,38H2,1-4H3,(H2,39,46)(H,40,51)(H,41,50)(H,42,53)(H,43,54)(H,44,52)(H,48,49)(H,55,56)/t23-,24-,25-,26-,27-,31-/m0/s1. The molecule has 0 radical (unpaired) electrons. The minimum atomic E-state index is -1.41. The second-order valence-electron chi connectivity index (χ2n) is 14.6. The van der Waals surface area contributed by atoms with E-state index < -0.39 is 108 Å². The maximum absolute atomic E-state index is 13.9. The number of nitrogens with one attached hydrogen (secondary N) is 5. The Labute approximate surface area is 325 Å². The molecule has 0 spiro atoms. The van der Waals surface area contributed by atoms with Crippen LogP contribution in [0.5, 0.6) is 0 Å². The van der Waals surface area contributed by atoms with Gasteiger partial charge in [-0.1, -0.05) is 58.0 Å². The molecule has 0 aromatic heterocycles. The molecule has 1 aromatic rings. The Morgan fingerprint density at radius 2 is 1.34 bits per heavy atom. The van der Waals surface area contributed by atoms with Crippen LogP contribution >= 0.6 is 0 Å². The van der Waals surface area contributed by atoms with E-state index in [-0.39, 0.29) is 44.6 Å². The van der Waals surface area contributed by atoms with E-state index in [1.807, 2.05) is 13.8 Å². The second-order valence-corrected chi connectivity index (χ2v) is 14.6. The summed E-state index contributed by atoms with van der Waals surface area (Å²) in [6.07, 6.45) is -0.439. The molecule has 1 aliphatic rings. The van der Waals surface area contributed by atoms with Gasteiger partial charge >= 0.3 is 11.9 Å². The highest BCUT2D eigenvalue weighted by Crippen LogP contribution is 2.17. The molecule has 0 aliphatic carbocycles. The van der Waals surface area contributed by atoms with Crippen molar-refractivity contribution in [2.24, 2.45) is 23.3 Å². The van der Waals surface area contributed by atoms with Crippen molar-refractivity contribution in [3.8, 4) is 0 Å². The molecular weight excluding hydrogens is 732 g/mol. The molecule has 19 heteroatoms. The van der Waals surface area contributed by atoms with E-state index in [4.69, 9.17) is 11.5 Å². The fourth-order valence-corrected chi connectivity index (χ4v) is 6.08. The van der Waals surface area contributed by atoms with E-state index in [2.05, 4.69) is 26.6 Å². The lowest BCUT2D eigenvalue weighted by Crippen LogP contribution is -2.60. The fraction of sp³-hybridized carbons (Fsp3) is 0.595. The van der Waals surface area contributed by atoms with Crippen LogP contribution in [0.15, 0.2) is 30.3 Å². The van der Waals surface area contributed by atoms with Crippen LogP contribution in [0.25, 0.3) is 0 Å². The fourth-order valence-electron chi connectivity index (χ4n) is 6.08. The van der Waals surface area contributed by atoms with Crippen molar-refractivity contribution in [3.05, 3.63) is 35.9 Å². The van der Waals surface area contributed by atoms with Crippen molar-refractivity contribution in [3.63, 3.8) is 0 Å². The lowest BCUT2D eigenvalue weighted by Gasteiger charge is -2.28. The third-order valence-electron chi connectivity index (χ3n) is 9.09. The molecule has 1 saturated heterocycles. The first-order valence-corrected chi connectivity index (χ1v) is 18.6. The van der Waals surface area contributed by atoms with Crippen LogP contribution in [0.2, 0.25) is 0 Å². The highest BCUT2D eigenvalue weighted by atomic mass is 16.4. The number of benzene rings is 1. The normalized spacial score (nSPS) is 16.5. The largest absolute Gasteiger partial charge is 0.481 e. The third-order valence-corrected chi connectivity index (χ3v) is 9.09. The Hall–Kier alpha value is -5.59. The second kappa shape index (κ2) is 22.7. The smallest absolute Gasteiger partial charge is 0.326 e. The van der Waals surface area contributed by atoms with E-state index in [9.17, 15) is 53.4 Å². The van der Waals surface area contributed by atoms with E-state index in [1.54, 1.807) is 44.2 Å². The maximum Gasteiger partial charge on any atom is 0.326 e. The molecule has 1 aliphatic heterocycles. The van der Waals surface area contributed by atoms with Crippen LogP contribution < -0.4 is 38.1 Å². The molecule has 56 heavy (non-hydrogen) atoms. The van der Waals surface area contributed by atoms with E-state index in [0.717, 1.165) is 4.90 Å². The van der Waals surface area contributed by atoms with Gasteiger partial charge in [-0.3, -0.25) is 38.4 Å². The van der Waals surface area contributed by atoms with Gasteiger partial charge in [-0.05, 0) is 49.5 Å². The van der Waals surface area contributed by atoms with Crippen molar-refractivity contribution >= 4 is 53.3 Å². The average molecular weight is 789 g/mol. The number of rotatable bonds is 23. The van der Waals surface area contributed by atoms with Gasteiger partial charge in [-0.15, -0.1) is 0 Å². The summed E-state index contributed by atoms with van der Waals surface area (Å²) < 4.78 is 0. The molecule has 0 saturated carbocycles. The molecule has 11 N–H and O–H groups in total. The Morgan fingerprint density at radius 3 is 1.91 bits per heavy atom. The molecule has 1 fully saturated rings. The van der Waals surface area contributed by atoms with Gasteiger partial charge in [0.1, 0.15) is 30.2 Å². The summed E-state index contributed by atoms with van der Waals surface area (Å²) in [6.45, 7) is 6.55. The van der Waals surface area contributed by atoms with E-state index in [1.165, 1.54) is 0 Å². The Kier molecular flexibility index (Phi) is 18.9. The third kappa shape index (κ3) is 15.6. The lowest BCUT2D eigenvalue weighted by molar-refractivity contribution is -0.148. The van der Waals surface area contributed by atoms with Crippen LogP contribution in [0.3, 0.4) is 0 Å². The monoisotopic (exact) mass is 788 g/mol. The summed E-state index contributed by atoms with van der Waals surface area (Å²) in [5.41, 5.74) is 11.9. The predicted octanol–water partition coefficient (Wildman–Crippen LogP) is -1.48. The summed E-state index contributed by atoms with van der Waals surface area (Å²) >= 11 is 0. The molecule has 1 heterocycles. The first-order chi connectivity index (χ1) is 26.3.